The molecule has 0 bridgehead atoms. The highest BCUT2D eigenvalue weighted by Gasteiger charge is 2.18. The Morgan fingerprint density at radius 2 is 1.94 bits per heavy atom. The molecule has 0 radical (unpaired) electrons. The minimum absolute atomic E-state index is 0.127. The van der Waals surface area contributed by atoms with Gasteiger partial charge in [0.15, 0.2) is 0 Å². The van der Waals surface area contributed by atoms with Gasteiger partial charge >= 0.3 is 5.97 Å². The van der Waals surface area contributed by atoms with Crippen LogP contribution in [-0.2, 0) is 9.53 Å². The highest BCUT2D eigenvalue weighted by molar-refractivity contribution is 5.69. The van der Waals surface area contributed by atoms with Gasteiger partial charge in [0.1, 0.15) is 12.7 Å². The summed E-state index contributed by atoms with van der Waals surface area (Å²) in [6.45, 7) is 7.89. The number of carbonyl (C=O) groups excluding carboxylic acids is 1. The van der Waals surface area contributed by atoms with Crippen molar-refractivity contribution in [3.8, 4) is 0 Å². The zero-order valence-corrected chi connectivity index (χ0v) is 10.7. The quantitative estimate of drug-likeness (QED) is 0.678. The number of rotatable bonds is 6. The van der Waals surface area contributed by atoms with Crippen LogP contribution in [0.15, 0.2) is 0 Å². The van der Waals surface area contributed by atoms with Gasteiger partial charge in [0.05, 0.1) is 6.61 Å². The fraction of sp³-hybridized carbons (Fsp3) is 0.917. The van der Waals surface area contributed by atoms with E-state index in [0.717, 1.165) is 6.42 Å². The molecule has 2 N–H and O–H groups in total. The van der Waals surface area contributed by atoms with E-state index < -0.39 is 6.10 Å². The van der Waals surface area contributed by atoms with Gasteiger partial charge in [-0.2, -0.15) is 0 Å². The maximum atomic E-state index is 11.3. The molecule has 0 saturated carbocycles. The molecule has 0 aromatic carbocycles. The number of ether oxygens (including phenoxy) is 1. The second-order valence-corrected chi connectivity index (χ2v) is 5.59. The molecule has 0 heterocycles. The van der Waals surface area contributed by atoms with Gasteiger partial charge in [-0.05, 0) is 17.8 Å². The van der Waals surface area contributed by atoms with Gasteiger partial charge in [-0.25, -0.2) is 0 Å². The summed E-state index contributed by atoms with van der Waals surface area (Å²) < 4.78 is 4.83. The predicted octanol–water partition coefficient (Wildman–Crippen LogP) is 1.35. The van der Waals surface area contributed by atoms with Gasteiger partial charge in [-0.3, -0.25) is 4.79 Å². The summed E-state index contributed by atoms with van der Waals surface area (Å²) in [6.07, 6.45) is 0.335. The van der Waals surface area contributed by atoms with E-state index in [4.69, 9.17) is 14.9 Å². The summed E-state index contributed by atoms with van der Waals surface area (Å²) in [6, 6.07) is 0. The van der Waals surface area contributed by atoms with Crippen molar-refractivity contribution in [2.45, 2.75) is 46.6 Å². The Balaban J connectivity index is 3.79. The van der Waals surface area contributed by atoms with Crippen LogP contribution in [0.2, 0.25) is 0 Å². The Bertz CT molecular complexity index is 208. The standard InChI is InChI=1S/C12H24O4/c1-9(6-12(2,3)4)5-11(15)16-8-10(14)7-13/h9-10,13-14H,5-8H2,1-4H3. The molecule has 2 atom stereocenters. The van der Waals surface area contributed by atoms with E-state index in [1.165, 1.54) is 0 Å². The monoisotopic (exact) mass is 232 g/mol. The largest absolute Gasteiger partial charge is 0.463 e. The molecular formula is C12H24O4. The SMILES string of the molecule is CC(CC(=O)OCC(O)CO)CC(C)(C)C. The Labute approximate surface area is 97.6 Å². The maximum absolute atomic E-state index is 11.3. The van der Waals surface area contributed by atoms with Gasteiger partial charge in [0.25, 0.3) is 0 Å². The van der Waals surface area contributed by atoms with Crippen LogP contribution in [0.25, 0.3) is 0 Å². The highest BCUT2D eigenvalue weighted by atomic mass is 16.5. The summed E-state index contributed by atoms with van der Waals surface area (Å²) >= 11 is 0. The van der Waals surface area contributed by atoms with E-state index in [1.54, 1.807) is 0 Å². The average molecular weight is 232 g/mol. The van der Waals surface area contributed by atoms with E-state index in [2.05, 4.69) is 20.8 Å². The van der Waals surface area contributed by atoms with E-state index in [-0.39, 0.29) is 30.5 Å². The maximum Gasteiger partial charge on any atom is 0.306 e. The summed E-state index contributed by atoms with van der Waals surface area (Å²) in [5.41, 5.74) is 0.199. The van der Waals surface area contributed by atoms with Crippen molar-refractivity contribution < 1.29 is 19.7 Å². The number of carbonyl (C=O) groups is 1. The van der Waals surface area contributed by atoms with E-state index in [9.17, 15) is 4.79 Å². The molecule has 0 aromatic heterocycles. The number of esters is 1. The molecule has 0 aliphatic heterocycles. The van der Waals surface area contributed by atoms with Crippen LogP contribution in [0.1, 0.15) is 40.5 Å². The Hall–Kier alpha value is -0.610. The van der Waals surface area contributed by atoms with Crippen LogP contribution in [0.5, 0.6) is 0 Å². The minimum Gasteiger partial charge on any atom is -0.463 e. The first-order valence-electron chi connectivity index (χ1n) is 5.69. The molecule has 2 unspecified atom stereocenters. The third kappa shape index (κ3) is 8.68. The zero-order chi connectivity index (χ0) is 12.8. The number of hydrogen-bond donors (Lipinski definition) is 2. The lowest BCUT2D eigenvalue weighted by molar-refractivity contribution is -0.148. The van der Waals surface area contributed by atoms with Crippen molar-refractivity contribution in [3.05, 3.63) is 0 Å². The molecular weight excluding hydrogens is 208 g/mol. The first kappa shape index (κ1) is 15.4. The first-order valence-corrected chi connectivity index (χ1v) is 5.69. The van der Waals surface area contributed by atoms with Crippen LogP contribution < -0.4 is 0 Å². The molecule has 16 heavy (non-hydrogen) atoms. The van der Waals surface area contributed by atoms with Gasteiger partial charge in [-0.15, -0.1) is 0 Å². The van der Waals surface area contributed by atoms with Crippen molar-refractivity contribution in [2.75, 3.05) is 13.2 Å². The molecule has 0 saturated heterocycles. The van der Waals surface area contributed by atoms with E-state index in [1.807, 2.05) is 6.92 Å². The lowest BCUT2D eigenvalue weighted by Gasteiger charge is -2.22. The normalized spacial score (nSPS) is 15.6. The molecule has 0 amide bonds. The Kier molecular flexibility index (Phi) is 6.60. The van der Waals surface area contributed by atoms with Crippen molar-refractivity contribution in [1.82, 2.24) is 0 Å². The number of hydrogen-bond acceptors (Lipinski definition) is 4. The van der Waals surface area contributed by atoms with Crippen LogP contribution in [0, 0.1) is 11.3 Å². The number of aliphatic hydroxyl groups is 2. The third-order valence-corrected chi connectivity index (χ3v) is 2.12. The smallest absolute Gasteiger partial charge is 0.306 e. The predicted molar refractivity (Wildman–Crippen MR) is 61.9 cm³/mol. The second-order valence-electron chi connectivity index (χ2n) is 5.59. The lowest BCUT2D eigenvalue weighted by Crippen LogP contribution is -2.23. The summed E-state index contributed by atoms with van der Waals surface area (Å²) in [5.74, 6) is -0.0528. The van der Waals surface area contributed by atoms with Crippen molar-refractivity contribution in [1.29, 1.82) is 0 Å². The van der Waals surface area contributed by atoms with Crippen LogP contribution >= 0.6 is 0 Å². The molecule has 0 rings (SSSR count). The van der Waals surface area contributed by atoms with E-state index >= 15 is 0 Å². The topological polar surface area (TPSA) is 66.8 Å². The van der Waals surface area contributed by atoms with E-state index in [0.29, 0.717) is 6.42 Å². The van der Waals surface area contributed by atoms with Crippen molar-refractivity contribution in [2.24, 2.45) is 11.3 Å². The Morgan fingerprint density at radius 1 is 1.38 bits per heavy atom. The molecule has 4 heteroatoms. The summed E-state index contributed by atoms with van der Waals surface area (Å²) in [7, 11) is 0. The Morgan fingerprint density at radius 3 is 2.38 bits per heavy atom. The fourth-order valence-electron chi connectivity index (χ4n) is 1.70. The third-order valence-electron chi connectivity index (χ3n) is 2.12. The molecule has 96 valence electrons. The minimum atomic E-state index is -0.970. The molecule has 0 fully saturated rings. The molecule has 4 nitrogen and oxygen atoms in total. The summed E-state index contributed by atoms with van der Waals surface area (Å²) in [4.78, 5) is 11.3. The van der Waals surface area contributed by atoms with Crippen molar-refractivity contribution in [3.63, 3.8) is 0 Å². The van der Waals surface area contributed by atoms with Gasteiger partial charge in [0.2, 0.25) is 0 Å². The lowest BCUT2D eigenvalue weighted by atomic mass is 9.84. The van der Waals surface area contributed by atoms with Crippen LogP contribution in [-0.4, -0.2) is 35.5 Å². The zero-order valence-electron chi connectivity index (χ0n) is 10.7. The molecule has 0 aromatic rings. The second kappa shape index (κ2) is 6.86. The van der Waals surface area contributed by atoms with Crippen molar-refractivity contribution >= 4 is 5.97 Å². The molecule has 0 aliphatic rings. The number of aliphatic hydroxyl groups excluding tert-OH is 2. The van der Waals surface area contributed by atoms with Crippen LogP contribution in [0.3, 0.4) is 0 Å². The van der Waals surface area contributed by atoms with Gasteiger partial charge < -0.3 is 14.9 Å². The first-order chi connectivity index (χ1) is 7.24. The average Bonchev–Trinajstić information content (AvgIpc) is 2.10. The van der Waals surface area contributed by atoms with Crippen LogP contribution in [0.4, 0.5) is 0 Å². The molecule has 0 spiro atoms. The fourth-order valence-corrected chi connectivity index (χ4v) is 1.70. The van der Waals surface area contributed by atoms with Gasteiger partial charge in [-0.1, -0.05) is 27.7 Å². The molecule has 0 aliphatic carbocycles. The highest BCUT2D eigenvalue weighted by Crippen LogP contribution is 2.25. The summed E-state index contributed by atoms with van der Waals surface area (Å²) in [5, 5.41) is 17.5. The van der Waals surface area contributed by atoms with Gasteiger partial charge in [0, 0.05) is 6.42 Å².